The number of hydrogen-bond donors (Lipinski definition) is 1. The Morgan fingerprint density at radius 1 is 1.00 bits per heavy atom. The predicted octanol–water partition coefficient (Wildman–Crippen LogP) is 3.14. The van der Waals surface area contributed by atoms with Crippen molar-refractivity contribution in [2.75, 3.05) is 21.3 Å². The Morgan fingerprint density at radius 2 is 1.64 bits per heavy atom. The van der Waals surface area contributed by atoms with Crippen LogP contribution in [0.3, 0.4) is 0 Å². The van der Waals surface area contributed by atoms with Crippen LogP contribution in [0.1, 0.15) is 15.9 Å². The van der Waals surface area contributed by atoms with Crippen LogP contribution in [0, 0.1) is 0 Å². The van der Waals surface area contributed by atoms with Crippen LogP contribution >= 0.6 is 0 Å². The summed E-state index contributed by atoms with van der Waals surface area (Å²) in [5.41, 5.74) is 3.84. The molecule has 6 heteroatoms. The van der Waals surface area contributed by atoms with Gasteiger partial charge >= 0.3 is 0 Å². The van der Waals surface area contributed by atoms with Gasteiger partial charge in [-0.05, 0) is 23.8 Å². The Kier molecular flexibility index (Phi) is 6.59. The van der Waals surface area contributed by atoms with Gasteiger partial charge in [0.2, 0.25) is 5.75 Å². The van der Waals surface area contributed by atoms with E-state index in [0.29, 0.717) is 22.8 Å². The van der Waals surface area contributed by atoms with Crippen molar-refractivity contribution >= 4 is 18.2 Å². The van der Waals surface area contributed by atoms with Gasteiger partial charge in [-0.1, -0.05) is 36.4 Å². The lowest BCUT2D eigenvalue weighted by molar-refractivity contribution is 0.0954. The monoisotopic (exact) mass is 340 g/mol. The maximum atomic E-state index is 12.2. The van der Waals surface area contributed by atoms with E-state index in [4.69, 9.17) is 14.2 Å². The number of benzene rings is 2. The number of nitrogens with one attached hydrogen (secondary N) is 1. The molecule has 1 N–H and O–H groups in total. The highest BCUT2D eigenvalue weighted by Crippen LogP contribution is 2.38. The molecule has 0 spiro atoms. The molecule has 0 radical (unpaired) electrons. The van der Waals surface area contributed by atoms with E-state index < -0.39 is 0 Å². The molecule has 2 aromatic carbocycles. The van der Waals surface area contributed by atoms with E-state index in [-0.39, 0.29) is 5.91 Å². The van der Waals surface area contributed by atoms with Gasteiger partial charge in [-0.3, -0.25) is 4.79 Å². The highest BCUT2D eigenvalue weighted by molar-refractivity contribution is 5.96. The third-order valence-electron chi connectivity index (χ3n) is 3.34. The molecule has 1 amide bonds. The normalized spacial score (nSPS) is 10.8. The number of carbonyl (C=O) groups excluding carboxylic acids is 1. The summed E-state index contributed by atoms with van der Waals surface area (Å²) in [7, 11) is 4.49. The van der Waals surface area contributed by atoms with E-state index in [2.05, 4.69) is 10.5 Å². The molecule has 0 aliphatic carbocycles. The van der Waals surface area contributed by atoms with E-state index in [1.165, 1.54) is 27.5 Å². The van der Waals surface area contributed by atoms with Crippen molar-refractivity contribution < 1.29 is 19.0 Å². The fraction of sp³-hybridized carbons (Fsp3) is 0.158. The Labute approximate surface area is 146 Å². The minimum atomic E-state index is -0.386. The summed E-state index contributed by atoms with van der Waals surface area (Å²) in [6.45, 7) is 0. The SMILES string of the molecule is COc1cc(C(=O)N/N=C\C=C\c2ccccc2)cc(OC)c1OC. The summed E-state index contributed by atoms with van der Waals surface area (Å²) in [5.74, 6) is 0.847. The van der Waals surface area contributed by atoms with Crippen LogP contribution in [-0.4, -0.2) is 33.5 Å². The summed E-state index contributed by atoms with van der Waals surface area (Å²) < 4.78 is 15.7. The molecule has 0 saturated heterocycles. The molecule has 0 aromatic heterocycles. The Balaban J connectivity index is 2.05. The molecular weight excluding hydrogens is 320 g/mol. The Bertz CT molecular complexity index is 745. The van der Waals surface area contributed by atoms with E-state index in [0.717, 1.165) is 5.56 Å². The number of carbonyl (C=O) groups is 1. The lowest BCUT2D eigenvalue weighted by atomic mass is 10.1. The average molecular weight is 340 g/mol. The summed E-state index contributed by atoms with van der Waals surface area (Å²) in [6.07, 6.45) is 5.13. The van der Waals surface area contributed by atoms with Crippen molar-refractivity contribution in [3.63, 3.8) is 0 Å². The first-order valence-corrected chi connectivity index (χ1v) is 7.54. The number of rotatable bonds is 7. The Morgan fingerprint density at radius 3 is 2.20 bits per heavy atom. The molecular formula is C19H20N2O4. The molecule has 0 atom stereocenters. The van der Waals surface area contributed by atoms with Gasteiger partial charge in [0.1, 0.15) is 0 Å². The second kappa shape index (κ2) is 9.12. The zero-order valence-electron chi connectivity index (χ0n) is 14.4. The summed E-state index contributed by atoms with van der Waals surface area (Å²) >= 11 is 0. The number of amides is 1. The number of allylic oxidation sites excluding steroid dienone is 1. The van der Waals surface area contributed by atoms with E-state index in [1.807, 2.05) is 36.4 Å². The van der Waals surface area contributed by atoms with Crippen LogP contribution in [0.15, 0.2) is 53.6 Å². The molecule has 0 heterocycles. The van der Waals surface area contributed by atoms with Crippen molar-refractivity contribution in [2.24, 2.45) is 5.10 Å². The second-order valence-corrected chi connectivity index (χ2v) is 4.90. The van der Waals surface area contributed by atoms with E-state index in [9.17, 15) is 4.79 Å². The van der Waals surface area contributed by atoms with Crippen LogP contribution in [0.2, 0.25) is 0 Å². The van der Waals surface area contributed by atoms with E-state index >= 15 is 0 Å². The van der Waals surface area contributed by atoms with Gasteiger partial charge < -0.3 is 14.2 Å². The van der Waals surface area contributed by atoms with Gasteiger partial charge in [0, 0.05) is 11.8 Å². The number of hydrazone groups is 1. The third-order valence-corrected chi connectivity index (χ3v) is 3.34. The molecule has 2 rings (SSSR count). The van der Waals surface area contributed by atoms with Gasteiger partial charge in [0.15, 0.2) is 11.5 Å². The van der Waals surface area contributed by atoms with Crippen molar-refractivity contribution in [1.29, 1.82) is 0 Å². The van der Waals surface area contributed by atoms with Crippen LogP contribution in [-0.2, 0) is 0 Å². The van der Waals surface area contributed by atoms with Crippen LogP contribution in [0.4, 0.5) is 0 Å². The van der Waals surface area contributed by atoms with E-state index in [1.54, 1.807) is 18.2 Å². The molecule has 0 aliphatic rings. The van der Waals surface area contributed by atoms with Gasteiger partial charge in [-0.2, -0.15) is 5.10 Å². The van der Waals surface area contributed by atoms with Crippen molar-refractivity contribution in [3.8, 4) is 17.2 Å². The van der Waals surface area contributed by atoms with Gasteiger partial charge in [-0.15, -0.1) is 0 Å². The lowest BCUT2D eigenvalue weighted by Gasteiger charge is -2.13. The van der Waals surface area contributed by atoms with Crippen molar-refractivity contribution in [1.82, 2.24) is 5.43 Å². The maximum Gasteiger partial charge on any atom is 0.271 e. The van der Waals surface area contributed by atoms with Crippen LogP contribution in [0.25, 0.3) is 6.08 Å². The first kappa shape index (κ1) is 18.1. The quantitative estimate of drug-likeness (QED) is 0.621. The smallest absolute Gasteiger partial charge is 0.271 e. The van der Waals surface area contributed by atoms with Crippen LogP contribution in [0.5, 0.6) is 17.2 Å². The van der Waals surface area contributed by atoms with Crippen molar-refractivity contribution in [3.05, 3.63) is 59.7 Å². The second-order valence-electron chi connectivity index (χ2n) is 4.90. The first-order valence-electron chi connectivity index (χ1n) is 7.54. The lowest BCUT2D eigenvalue weighted by Crippen LogP contribution is -2.17. The molecule has 0 unspecified atom stereocenters. The standard InChI is InChI=1S/C19H20N2O4/c1-23-16-12-15(13-17(24-2)18(16)25-3)19(22)21-20-11-7-10-14-8-5-4-6-9-14/h4-13H,1-3H3,(H,21,22)/b10-7+,20-11-. The first-order chi connectivity index (χ1) is 12.2. The maximum absolute atomic E-state index is 12.2. The van der Waals surface area contributed by atoms with Crippen molar-refractivity contribution in [2.45, 2.75) is 0 Å². The zero-order chi connectivity index (χ0) is 18.1. The van der Waals surface area contributed by atoms with Crippen LogP contribution < -0.4 is 19.6 Å². The van der Waals surface area contributed by atoms with Gasteiger partial charge in [0.05, 0.1) is 21.3 Å². The van der Waals surface area contributed by atoms with Gasteiger partial charge in [-0.25, -0.2) is 5.43 Å². The molecule has 130 valence electrons. The molecule has 0 aliphatic heterocycles. The minimum absolute atomic E-state index is 0.346. The molecule has 0 saturated carbocycles. The number of methoxy groups -OCH3 is 3. The topological polar surface area (TPSA) is 69.2 Å². The number of nitrogens with zero attached hydrogens (tertiary/aromatic N) is 1. The molecule has 25 heavy (non-hydrogen) atoms. The molecule has 2 aromatic rings. The minimum Gasteiger partial charge on any atom is -0.493 e. The predicted molar refractivity (Wildman–Crippen MR) is 97.5 cm³/mol. The molecule has 6 nitrogen and oxygen atoms in total. The zero-order valence-corrected chi connectivity index (χ0v) is 14.4. The molecule has 0 fully saturated rings. The number of ether oxygens (including phenoxy) is 3. The summed E-state index contributed by atoms with van der Waals surface area (Å²) in [5, 5.41) is 3.89. The highest BCUT2D eigenvalue weighted by atomic mass is 16.5. The average Bonchev–Trinajstić information content (AvgIpc) is 2.67. The fourth-order valence-corrected chi connectivity index (χ4v) is 2.13. The highest BCUT2D eigenvalue weighted by Gasteiger charge is 2.16. The third kappa shape index (κ3) is 4.84. The summed E-state index contributed by atoms with van der Waals surface area (Å²) in [4.78, 5) is 12.2. The summed E-state index contributed by atoms with van der Waals surface area (Å²) in [6, 6.07) is 12.9. The number of hydrogen-bond acceptors (Lipinski definition) is 5. The molecule has 0 bridgehead atoms. The Hall–Kier alpha value is -3.28. The van der Waals surface area contributed by atoms with Gasteiger partial charge in [0.25, 0.3) is 5.91 Å². The fourth-order valence-electron chi connectivity index (χ4n) is 2.13. The largest absolute Gasteiger partial charge is 0.493 e.